The maximum atomic E-state index is 12.6. The largest absolute Gasteiger partial charge is 0.483 e. The first-order valence-corrected chi connectivity index (χ1v) is 11.1. The zero-order valence-electron chi connectivity index (χ0n) is 18.6. The highest BCUT2D eigenvalue weighted by Gasteiger charge is 2.21. The molecule has 9 heteroatoms. The molecule has 0 radical (unpaired) electrons. The van der Waals surface area contributed by atoms with Crippen LogP contribution in [0.5, 0.6) is 5.75 Å². The number of nitrogens with one attached hydrogen (secondary N) is 2. The average Bonchev–Trinajstić information content (AvgIpc) is 3.43. The van der Waals surface area contributed by atoms with Gasteiger partial charge in [0.15, 0.2) is 12.3 Å². The molecule has 2 N–H and O–H groups in total. The summed E-state index contributed by atoms with van der Waals surface area (Å²) >= 11 is 0. The molecule has 3 aromatic rings. The van der Waals surface area contributed by atoms with E-state index in [1.54, 1.807) is 6.20 Å². The molecule has 4 rings (SSSR count). The van der Waals surface area contributed by atoms with E-state index in [2.05, 4.69) is 15.4 Å². The Kier molecular flexibility index (Phi) is 6.84. The van der Waals surface area contributed by atoms with Crippen LogP contribution in [0.3, 0.4) is 0 Å². The lowest BCUT2D eigenvalue weighted by molar-refractivity contribution is -0.123. The fourth-order valence-corrected chi connectivity index (χ4v) is 4.07. The number of carbonyl (C=O) groups excluding carboxylic acids is 1. The molecule has 1 fully saturated rings. The van der Waals surface area contributed by atoms with E-state index in [1.807, 2.05) is 47.9 Å². The van der Waals surface area contributed by atoms with Crippen LogP contribution < -0.4 is 15.6 Å². The molecule has 2 heterocycles. The van der Waals surface area contributed by atoms with Crippen molar-refractivity contribution in [3.63, 3.8) is 0 Å². The van der Waals surface area contributed by atoms with Crippen LogP contribution in [0, 0.1) is 0 Å². The number of aromatic nitrogens is 4. The van der Waals surface area contributed by atoms with Gasteiger partial charge in [0.05, 0.1) is 12.2 Å². The van der Waals surface area contributed by atoms with Gasteiger partial charge in [-0.25, -0.2) is 9.67 Å². The molecule has 0 spiro atoms. The van der Waals surface area contributed by atoms with E-state index in [-0.39, 0.29) is 18.1 Å². The number of ether oxygens (including phenoxy) is 1. The van der Waals surface area contributed by atoms with Crippen LogP contribution in [-0.2, 0) is 11.2 Å². The summed E-state index contributed by atoms with van der Waals surface area (Å²) in [4.78, 5) is 34.3. The fraction of sp³-hybridized carbons (Fsp3) is 0.478. The third kappa shape index (κ3) is 5.16. The lowest BCUT2D eigenvalue weighted by Gasteiger charge is -2.13. The van der Waals surface area contributed by atoms with Crippen molar-refractivity contribution in [2.45, 2.75) is 38.1 Å². The molecule has 0 bridgehead atoms. The minimum Gasteiger partial charge on any atom is -0.483 e. The Balaban J connectivity index is 1.49. The number of nitrogens with zero attached hydrogens (tertiary/aromatic N) is 4. The average molecular weight is 439 g/mol. The van der Waals surface area contributed by atoms with Crippen LogP contribution in [0.1, 0.15) is 43.1 Å². The van der Waals surface area contributed by atoms with Gasteiger partial charge in [0, 0.05) is 25.1 Å². The molecule has 1 saturated carbocycles. The molecule has 0 unspecified atom stereocenters. The molecule has 0 atom stereocenters. The van der Waals surface area contributed by atoms with E-state index in [1.165, 1.54) is 12.8 Å². The summed E-state index contributed by atoms with van der Waals surface area (Å²) in [5, 5.41) is 7.80. The second kappa shape index (κ2) is 9.95. The smallest absolute Gasteiger partial charge is 0.262 e. The predicted octanol–water partition coefficient (Wildman–Crippen LogP) is 1.88. The molecule has 1 aromatic carbocycles. The molecule has 0 saturated heterocycles. The van der Waals surface area contributed by atoms with Crippen molar-refractivity contribution < 1.29 is 9.53 Å². The quantitative estimate of drug-likeness (QED) is 0.529. The third-order valence-corrected chi connectivity index (χ3v) is 5.75. The SMILES string of the molecule is CN(C)CCNC(=O)COc1ccccc1Cc1nc2c(cnn2C2CCCC2)c(=O)[nH]1. The number of amides is 1. The topological polar surface area (TPSA) is 105 Å². The molecule has 2 aromatic heterocycles. The first kappa shape index (κ1) is 22.0. The Labute approximate surface area is 186 Å². The van der Waals surface area contributed by atoms with E-state index in [0.717, 1.165) is 24.9 Å². The van der Waals surface area contributed by atoms with E-state index >= 15 is 0 Å². The zero-order valence-corrected chi connectivity index (χ0v) is 18.6. The second-order valence-corrected chi connectivity index (χ2v) is 8.50. The van der Waals surface area contributed by atoms with Gasteiger partial charge in [-0.2, -0.15) is 5.10 Å². The lowest BCUT2D eigenvalue weighted by atomic mass is 10.1. The number of aromatic amines is 1. The summed E-state index contributed by atoms with van der Waals surface area (Å²) in [6.07, 6.45) is 6.47. The Morgan fingerprint density at radius 2 is 2.06 bits per heavy atom. The van der Waals surface area contributed by atoms with Crippen molar-refractivity contribution in [2.24, 2.45) is 0 Å². The molecule has 0 aliphatic heterocycles. The first-order valence-electron chi connectivity index (χ1n) is 11.1. The van der Waals surface area contributed by atoms with Crippen molar-refractivity contribution in [1.82, 2.24) is 30.0 Å². The van der Waals surface area contributed by atoms with Crippen molar-refractivity contribution in [3.8, 4) is 5.75 Å². The molecule has 1 amide bonds. The normalized spacial score (nSPS) is 14.3. The lowest BCUT2D eigenvalue weighted by Crippen LogP contribution is -2.34. The van der Waals surface area contributed by atoms with Crippen LogP contribution >= 0.6 is 0 Å². The van der Waals surface area contributed by atoms with Gasteiger partial charge in [-0.05, 0) is 33.0 Å². The van der Waals surface area contributed by atoms with Gasteiger partial charge >= 0.3 is 0 Å². The van der Waals surface area contributed by atoms with E-state index in [9.17, 15) is 9.59 Å². The van der Waals surface area contributed by atoms with Crippen molar-refractivity contribution in [2.75, 3.05) is 33.8 Å². The number of fused-ring (bicyclic) bond motifs is 1. The minimum atomic E-state index is -0.187. The summed E-state index contributed by atoms with van der Waals surface area (Å²) in [7, 11) is 3.91. The number of hydrogen-bond acceptors (Lipinski definition) is 6. The number of benzene rings is 1. The zero-order chi connectivity index (χ0) is 22.5. The summed E-state index contributed by atoms with van der Waals surface area (Å²) in [6.45, 7) is 1.26. The highest BCUT2D eigenvalue weighted by atomic mass is 16.5. The molecule has 170 valence electrons. The number of hydrogen-bond donors (Lipinski definition) is 2. The Hall–Kier alpha value is -3.20. The molecule has 1 aliphatic rings. The van der Waals surface area contributed by atoms with Gasteiger partial charge in [0.2, 0.25) is 0 Å². The Morgan fingerprint density at radius 1 is 1.28 bits per heavy atom. The van der Waals surface area contributed by atoms with Crippen molar-refractivity contribution in [1.29, 1.82) is 0 Å². The monoisotopic (exact) mass is 438 g/mol. The second-order valence-electron chi connectivity index (χ2n) is 8.50. The first-order chi connectivity index (χ1) is 15.5. The van der Waals surface area contributed by atoms with Gasteiger partial charge in [0.25, 0.3) is 11.5 Å². The maximum Gasteiger partial charge on any atom is 0.262 e. The van der Waals surface area contributed by atoms with Crippen molar-refractivity contribution >= 4 is 16.9 Å². The van der Waals surface area contributed by atoms with Gasteiger partial charge in [0.1, 0.15) is 17.0 Å². The molecule has 9 nitrogen and oxygen atoms in total. The molecule has 1 aliphatic carbocycles. The Bertz CT molecular complexity index is 1130. The molecular formula is C23H30N6O3. The highest BCUT2D eigenvalue weighted by molar-refractivity contribution is 5.77. The molecular weight excluding hydrogens is 408 g/mol. The Morgan fingerprint density at radius 3 is 2.84 bits per heavy atom. The van der Waals surface area contributed by atoms with E-state index < -0.39 is 0 Å². The maximum absolute atomic E-state index is 12.6. The number of likely N-dealkylation sites (N-methyl/N-ethyl adjacent to an activating group) is 1. The van der Waals surface area contributed by atoms with Crippen molar-refractivity contribution in [3.05, 3.63) is 52.2 Å². The van der Waals surface area contributed by atoms with E-state index in [4.69, 9.17) is 9.72 Å². The number of rotatable bonds is 9. The van der Waals surface area contributed by atoms with Crippen LogP contribution in [0.2, 0.25) is 0 Å². The number of H-pyrrole nitrogens is 1. The molecule has 32 heavy (non-hydrogen) atoms. The van der Waals surface area contributed by atoms with Crippen LogP contribution in [-0.4, -0.2) is 64.3 Å². The third-order valence-electron chi connectivity index (χ3n) is 5.75. The number of carbonyl (C=O) groups is 1. The standard InChI is InChI=1S/C23H30N6O3/c1-28(2)12-11-24-21(30)15-32-19-10-6-3-7-16(19)13-20-26-22-18(23(31)27-20)14-25-29(22)17-8-4-5-9-17/h3,6-7,10,14,17H,4-5,8-9,11-13,15H2,1-2H3,(H,24,30)(H,26,27,31). The summed E-state index contributed by atoms with van der Waals surface area (Å²) in [5.41, 5.74) is 1.30. The summed E-state index contributed by atoms with van der Waals surface area (Å²) in [6, 6.07) is 7.80. The van der Waals surface area contributed by atoms with Gasteiger partial charge in [-0.15, -0.1) is 0 Å². The minimum absolute atomic E-state index is 0.0676. The predicted molar refractivity (Wildman–Crippen MR) is 122 cm³/mol. The van der Waals surface area contributed by atoms with Gasteiger partial charge in [-0.1, -0.05) is 31.0 Å². The van der Waals surface area contributed by atoms with E-state index in [0.29, 0.717) is 41.6 Å². The van der Waals surface area contributed by atoms with Gasteiger partial charge < -0.3 is 19.9 Å². The van der Waals surface area contributed by atoms with Crippen LogP contribution in [0.15, 0.2) is 35.3 Å². The summed E-state index contributed by atoms with van der Waals surface area (Å²) < 4.78 is 7.68. The highest BCUT2D eigenvalue weighted by Crippen LogP contribution is 2.30. The number of para-hydroxylation sites is 1. The van der Waals surface area contributed by atoms with Crippen LogP contribution in [0.25, 0.3) is 11.0 Å². The summed E-state index contributed by atoms with van der Waals surface area (Å²) in [5.74, 6) is 0.978. The fourth-order valence-electron chi connectivity index (χ4n) is 4.07. The van der Waals surface area contributed by atoms with Gasteiger partial charge in [-0.3, -0.25) is 9.59 Å². The van der Waals surface area contributed by atoms with Crippen LogP contribution in [0.4, 0.5) is 0 Å².